The zero-order chi connectivity index (χ0) is 102. The average Bonchev–Trinajstić information content (AvgIpc) is 1.56. The molecule has 150 heavy (non-hydrogen) atoms. The Morgan fingerprint density at radius 1 is 0.220 bits per heavy atom. The molecule has 0 aliphatic rings. The van der Waals surface area contributed by atoms with Crippen molar-refractivity contribution < 1.29 is 0 Å². The molecule has 720 valence electrons. The quantitative estimate of drug-likeness (QED) is 0.0854. The molecule has 0 N–H and O–H groups in total. The molecule has 10 nitrogen and oxygen atoms in total. The van der Waals surface area contributed by atoms with Crippen molar-refractivity contribution in [2.45, 2.75) is 79.2 Å². The van der Waals surface area contributed by atoms with Crippen molar-refractivity contribution >= 4 is 171 Å². The molecule has 6 aromatic heterocycles. The number of aromatic nitrogens is 6. The Balaban J connectivity index is 0.000000109. The lowest BCUT2D eigenvalue weighted by molar-refractivity contribution is 0.642. The summed E-state index contributed by atoms with van der Waals surface area (Å²) >= 11 is 0. The Labute approximate surface area is 874 Å². The molecule has 0 amide bonds. The molecule has 27 aromatic rings. The number of hydrogen-bond acceptors (Lipinski definition) is 3. The van der Waals surface area contributed by atoms with Gasteiger partial charge in [0.25, 0.3) is 0 Å². The van der Waals surface area contributed by atoms with Crippen LogP contribution >= 0.6 is 0 Å². The van der Waals surface area contributed by atoms with Gasteiger partial charge in [0.15, 0.2) is 5.69 Å². The van der Waals surface area contributed by atoms with Crippen molar-refractivity contribution in [2.75, 3.05) is 9.80 Å². The van der Waals surface area contributed by atoms with E-state index in [0.29, 0.717) is 29.0 Å². The molecule has 6 heterocycles. The fourth-order valence-electron chi connectivity index (χ4n) is 22.7. The van der Waals surface area contributed by atoms with Crippen LogP contribution in [-0.4, -0.2) is 27.4 Å². The van der Waals surface area contributed by atoms with Crippen molar-refractivity contribution in [3.63, 3.8) is 0 Å². The number of fused-ring (bicyclic) bond motifs is 18. The molecule has 27 rings (SSSR count). The number of anilines is 6. The van der Waals surface area contributed by atoms with Crippen LogP contribution in [0.4, 0.5) is 39.8 Å². The predicted molar refractivity (Wildman–Crippen MR) is 634 cm³/mol. The van der Waals surface area contributed by atoms with Crippen molar-refractivity contribution in [1.82, 2.24) is 27.4 Å². The van der Waals surface area contributed by atoms with E-state index in [0.717, 1.165) is 78.7 Å². The third-order valence-corrected chi connectivity index (χ3v) is 29.7. The smallest absolute Gasteiger partial charge is 0.197 e. The largest absolute Gasteiger partial charge is 0.338 e. The number of benzene rings is 21. The van der Waals surface area contributed by atoms with Crippen molar-refractivity contribution in [3.05, 3.63) is 531 Å². The first-order valence-corrected chi connectivity index (χ1v) is 52.0. The second kappa shape index (κ2) is 39.8. The summed E-state index contributed by atoms with van der Waals surface area (Å²) < 4.78 is 14.3. The van der Waals surface area contributed by atoms with E-state index in [1.165, 1.54) is 154 Å². The van der Waals surface area contributed by atoms with E-state index in [4.69, 9.17) is 6.57 Å². The van der Waals surface area contributed by atoms with Gasteiger partial charge in [0.2, 0.25) is 0 Å². The van der Waals surface area contributed by atoms with Crippen molar-refractivity contribution in [1.29, 1.82) is 5.26 Å². The van der Waals surface area contributed by atoms with Gasteiger partial charge in [0, 0.05) is 139 Å². The molecule has 0 spiro atoms. The SMILES string of the molecule is CC(C)c1ccc(-n2c3cc(-n4c5ccccc5c5ccccc54)ccc3c3ccc(-n4c5ccccc5c5ccccc54)cc32)cc1.CC(C)c1ccc(-n2c3cccc(-c4ccccc4)c3c3c(-c4ccccc4)cccc32)cc1.CC(C)n1c2cc(N(c3ccccc3)c3ccccc3)ccc2c2ccc(N(c3ccccc3)c3ccccc3)cc21.[C-]#[N+]c1cccc2c1c1c(C#N)cccc1n2-c1ccc(C(C)C)cc1. The Kier molecular flexibility index (Phi) is 24.8. The minimum Gasteiger partial charge on any atom is -0.338 e. The van der Waals surface area contributed by atoms with Gasteiger partial charge in [-0.2, -0.15) is 5.26 Å². The maximum absolute atomic E-state index is 9.60. The lowest BCUT2D eigenvalue weighted by Crippen LogP contribution is -2.10. The monoisotopic (exact) mass is 1930 g/mol. The van der Waals surface area contributed by atoms with Crippen LogP contribution in [0, 0.1) is 17.9 Å². The van der Waals surface area contributed by atoms with Crippen molar-refractivity contribution in [2.24, 2.45) is 0 Å². The Hall–Kier alpha value is -19.0. The molecule has 10 heteroatoms. The van der Waals surface area contributed by atoms with Gasteiger partial charge >= 0.3 is 0 Å². The van der Waals surface area contributed by atoms with Crippen LogP contribution in [0.1, 0.15) is 101 Å². The van der Waals surface area contributed by atoms with Crippen LogP contribution in [0.3, 0.4) is 0 Å². The Bertz CT molecular complexity index is 9150. The third-order valence-electron chi connectivity index (χ3n) is 29.7. The first-order chi connectivity index (χ1) is 73.7. The zero-order valence-electron chi connectivity index (χ0n) is 85.1. The summed E-state index contributed by atoms with van der Waals surface area (Å²) in [6.07, 6.45) is 0. The highest BCUT2D eigenvalue weighted by Gasteiger charge is 2.27. The van der Waals surface area contributed by atoms with Gasteiger partial charge in [-0.05, 0) is 259 Å². The average molecular weight is 1930 g/mol. The summed E-state index contributed by atoms with van der Waals surface area (Å²) in [5.41, 5.74) is 36.8. The van der Waals surface area contributed by atoms with Gasteiger partial charge in [0.05, 0.1) is 78.9 Å². The van der Waals surface area contributed by atoms with Crippen LogP contribution in [0.5, 0.6) is 0 Å². The fraction of sp³-hybridized carbons (Fsp3) is 0.0857. The lowest BCUT2D eigenvalue weighted by atomic mass is 9.95. The van der Waals surface area contributed by atoms with E-state index in [1.807, 2.05) is 36.4 Å². The first-order valence-electron chi connectivity index (χ1n) is 52.0. The summed E-state index contributed by atoms with van der Waals surface area (Å²) in [6.45, 7) is 25.5. The topological polar surface area (TPSA) is 64.2 Å². The highest BCUT2D eigenvalue weighted by atomic mass is 15.2. The van der Waals surface area contributed by atoms with E-state index < -0.39 is 0 Å². The van der Waals surface area contributed by atoms with Gasteiger partial charge in [-0.15, -0.1) is 0 Å². The van der Waals surface area contributed by atoms with Crippen LogP contribution in [0.25, 0.3) is 186 Å². The van der Waals surface area contributed by atoms with E-state index in [1.54, 1.807) is 0 Å². The standard InChI is InChI=1S/C45H33N3.C39H33N3.C33H27N.C23H17N3/c1-29(2)30-19-21-31(22-20-30)46-44-27-32(47-40-15-7-3-11-34(40)35-12-4-8-16-41(35)47)23-25-38(44)39-26-24-33(28-45(39)46)48-42-17-9-5-13-36(42)37-14-6-10-18-43(37)48;1-29(2)40-38-27-34(41(30-15-7-3-8-16-30)31-17-9-4-10-18-31)23-25-36(38)37-26-24-35(28-39(37)40)42(32-19-11-5-12-20-32)33-21-13-6-14-22-33;1-23(2)24-19-21-27(22-20-24)34-30-17-9-15-28(25-11-5-3-6-12-25)32(30)33-29(16-10-18-31(33)34)26-13-7-4-8-14-26;1-15(2)16-10-12-18(13-11-16)26-20-8-4-6-17(14-24)22(20)23-19(25-3)7-5-9-21(23)26/h3-29H,1-2H3;3-29H,1-2H3;3-23H,1-2H3;4-13,15H,1-2H3. The van der Waals surface area contributed by atoms with Gasteiger partial charge in [-0.3, -0.25) is 0 Å². The summed E-state index contributed by atoms with van der Waals surface area (Å²) in [4.78, 5) is 8.36. The molecular formula is C140H110N10. The third kappa shape index (κ3) is 16.8. The Morgan fingerprint density at radius 3 is 0.820 bits per heavy atom. The molecule has 0 unspecified atom stereocenters. The second-order valence-corrected chi connectivity index (χ2v) is 40.0. The number of nitrogens with zero attached hydrogens (tertiary/aromatic N) is 10. The zero-order valence-corrected chi connectivity index (χ0v) is 85.1. The maximum atomic E-state index is 9.60. The molecule has 0 saturated carbocycles. The molecule has 0 bridgehead atoms. The molecule has 0 radical (unpaired) electrons. The highest BCUT2D eigenvalue weighted by molar-refractivity contribution is 6.22. The molecule has 0 saturated heterocycles. The van der Waals surface area contributed by atoms with E-state index in [2.05, 4.69) is 565 Å². The lowest BCUT2D eigenvalue weighted by Gasteiger charge is -2.26. The number of nitriles is 1. The minimum atomic E-state index is 0.277. The number of para-hydroxylation sites is 8. The molecule has 0 fully saturated rings. The summed E-state index contributed by atoms with van der Waals surface area (Å²) in [5.74, 6) is 1.46. The molecule has 0 aliphatic heterocycles. The number of hydrogen-bond donors (Lipinski definition) is 0. The van der Waals surface area contributed by atoms with Crippen LogP contribution in [-0.2, 0) is 0 Å². The molecule has 21 aromatic carbocycles. The maximum Gasteiger partial charge on any atom is 0.197 e. The molecule has 0 aliphatic carbocycles. The molecular weight excluding hydrogens is 1820 g/mol. The van der Waals surface area contributed by atoms with Crippen LogP contribution in [0.2, 0.25) is 0 Å². The second-order valence-electron chi connectivity index (χ2n) is 40.0. The first kappa shape index (κ1) is 93.4. The van der Waals surface area contributed by atoms with Crippen LogP contribution in [0.15, 0.2) is 497 Å². The predicted octanol–water partition coefficient (Wildman–Crippen LogP) is 39.0. The highest BCUT2D eigenvalue weighted by Crippen LogP contribution is 2.49. The van der Waals surface area contributed by atoms with Gasteiger partial charge in [-0.25, -0.2) is 4.85 Å². The Morgan fingerprint density at radius 2 is 0.487 bits per heavy atom. The van der Waals surface area contributed by atoms with Crippen molar-refractivity contribution in [3.8, 4) is 56.8 Å². The summed E-state index contributed by atoms with van der Waals surface area (Å²) in [7, 11) is 0. The van der Waals surface area contributed by atoms with Crippen LogP contribution < -0.4 is 9.80 Å². The normalized spacial score (nSPS) is 11.6. The van der Waals surface area contributed by atoms with E-state index in [9.17, 15) is 5.26 Å². The fourth-order valence-corrected chi connectivity index (χ4v) is 22.7. The number of rotatable bonds is 17. The molecule has 0 atom stereocenters. The summed E-state index contributed by atoms with van der Waals surface area (Å²) in [5, 5.41) is 24.0. The van der Waals surface area contributed by atoms with E-state index in [-0.39, 0.29) is 6.04 Å². The minimum absolute atomic E-state index is 0.277. The van der Waals surface area contributed by atoms with Gasteiger partial charge in [0.1, 0.15) is 0 Å². The van der Waals surface area contributed by atoms with Gasteiger partial charge in [-0.1, -0.05) is 351 Å². The summed E-state index contributed by atoms with van der Waals surface area (Å²) in [6, 6.07) is 181. The van der Waals surface area contributed by atoms with E-state index >= 15 is 0 Å². The van der Waals surface area contributed by atoms with Gasteiger partial charge < -0.3 is 37.2 Å².